The van der Waals surface area contributed by atoms with E-state index in [1.54, 1.807) is 6.33 Å². The van der Waals surface area contributed by atoms with E-state index in [0.29, 0.717) is 6.54 Å². The number of benzene rings is 1. The number of hydrogen-bond acceptors (Lipinski definition) is 4. The Labute approximate surface area is 124 Å². The van der Waals surface area contributed by atoms with Crippen molar-refractivity contribution in [3.8, 4) is 0 Å². The average molecular weight is 281 g/mol. The normalized spacial score (nSPS) is 11.0. The van der Waals surface area contributed by atoms with Crippen molar-refractivity contribution in [2.45, 2.75) is 20.0 Å². The molecule has 21 heavy (non-hydrogen) atoms. The average Bonchev–Trinajstić information content (AvgIpc) is 2.94. The third kappa shape index (κ3) is 2.73. The van der Waals surface area contributed by atoms with Crippen LogP contribution in [-0.4, -0.2) is 21.6 Å². The first-order valence-corrected chi connectivity index (χ1v) is 6.97. The molecule has 0 bridgehead atoms. The fourth-order valence-corrected chi connectivity index (χ4v) is 2.52. The molecule has 0 atom stereocenters. The second-order valence-electron chi connectivity index (χ2n) is 5.30. The largest absolute Gasteiger partial charge is 0.355 e. The zero-order chi connectivity index (χ0) is 14.8. The highest BCUT2D eigenvalue weighted by Crippen LogP contribution is 2.19. The van der Waals surface area contributed by atoms with Gasteiger partial charge in [-0.1, -0.05) is 24.3 Å². The van der Waals surface area contributed by atoms with E-state index in [9.17, 15) is 0 Å². The summed E-state index contributed by atoms with van der Waals surface area (Å²) in [6.07, 6.45) is 1.58. The third-order valence-corrected chi connectivity index (χ3v) is 3.54. The minimum absolute atomic E-state index is 0.565. The van der Waals surface area contributed by atoms with Crippen molar-refractivity contribution in [2.24, 2.45) is 5.73 Å². The van der Waals surface area contributed by atoms with Gasteiger partial charge < -0.3 is 10.6 Å². The molecular formula is C16H19N5. The van der Waals surface area contributed by atoms with Crippen molar-refractivity contribution < 1.29 is 0 Å². The molecule has 0 aliphatic carbocycles. The molecule has 0 saturated heterocycles. The van der Waals surface area contributed by atoms with Crippen molar-refractivity contribution in [3.05, 3.63) is 59.4 Å². The van der Waals surface area contributed by atoms with E-state index in [0.717, 1.165) is 23.6 Å². The Morgan fingerprint density at radius 3 is 2.81 bits per heavy atom. The molecule has 0 radical (unpaired) electrons. The molecule has 2 N–H and O–H groups in total. The van der Waals surface area contributed by atoms with Crippen LogP contribution >= 0.6 is 0 Å². The summed E-state index contributed by atoms with van der Waals surface area (Å²) in [4.78, 5) is 6.44. The van der Waals surface area contributed by atoms with Crippen LogP contribution in [-0.2, 0) is 13.1 Å². The summed E-state index contributed by atoms with van der Waals surface area (Å²) in [7, 11) is 2.06. The van der Waals surface area contributed by atoms with Crippen LogP contribution in [0.5, 0.6) is 0 Å². The molecule has 0 saturated carbocycles. The molecule has 0 unspecified atom stereocenters. The van der Waals surface area contributed by atoms with Gasteiger partial charge in [0.2, 0.25) is 0 Å². The molecule has 5 heteroatoms. The molecule has 0 spiro atoms. The van der Waals surface area contributed by atoms with Crippen LogP contribution in [0.1, 0.15) is 16.7 Å². The first kappa shape index (κ1) is 13.6. The van der Waals surface area contributed by atoms with Crippen molar-refractivity contribution in [1.29, 1.82) is 0 Å². The molecule has 0 aliphatic heterocycles. The first-order valence-electron chi connectivity index (χ1n) is 6.97. The van der Waals surface area contributed by atoms with E-state index < -0.39 is 0 Å². The van der Waals surface area contributed by atoms with Gasteiger partial charge in [-0.3, -0.25) is 0 Å². The number of nitrogens with two attached hydrogens (primary N) is 1. The van der Waals surface area contributed by atoms with Crippen molar-refractivity contribution in [1.82, 2.24) is 14.6 Å². The van der Waals surface area contributed by atoms with E-state index in [4.69, 9.17) is 5.73 Å². The molecular weight excluding hydrogens is 262 g/mol. The molecule has 108 valence electrons. The molecule has 0 fully saturated rings. The van der Waals surface area contributed by atoms with E-state index in [1.807, 2.05) is 22.7 Å². The lowest BCUT2D eigenvalue weighted by molar-refractivity contribution is 0.837. The lowest BCUT2D eigenvalue weighted by Crippen LogP contribution is -2.20. The highest BCUT2D eigenvalue weighted by molar-refractivity contribution is 5.52. The lowest BCUT2D eigenvalue weighted by atomic mass is 10.1. The van der Waals surface area contributed by atoms with Crippen LogP contribution in [0.15, 0.2) is 42.7 Å². The number of aryl methyl sites for hydroxylation is 1. The second-order valence-corrected chi connectivity index (χ2v) is 5.30. The molecule has 0 amide bonds. The van der Waals surface area contributed by atoms with Crippen LogP contribution in [0.25, 0.3) is 5.65 Å². The number of anilines is 1. The van der Waals surface area contributed by atoms with Crippen molar-refractivity contribution >= 4 is 11.5 Å². The van der Waals surface area contributed by atoms with Crippen molar-refractivity contribution in [3.63, 3.8) is 0 Å². The van der Waals surface area contributed by atoms with Gasteiger partial charge in [-0.2, -0.15) is 9.61 Å². The van der Waals surface area contributed by atoms with E-state index >= 15 is 0 Å². The topological polar surface area (TPSA) is 59.5 Å². The molecule has 3 rings (SSSR count). The summed E-state index contributed by atoms with van der Waals surface area (Å²) in [5.41, 5.74) is 10.1. The Kier molecular flexibility index (Phi) is 3.58. The number of nitrogens with zero attached hydrogens (tertiary/aromatic N) is 4. The van der Waals surface area contributed by atoms with Gasteiger partial charge in [0, 0.05) is 20.1 Å². The maximum absolute atomic E-state index is 5.71. The van der Waals surface area contributed by atoms with Gasteiger partial charge >= 0.3 is 0 Å². The van der Waals surface area contributed by atoms with Gasteiger partial charge in [-0.15, -0.1) is 0 Å². The summed E-state index contributed by atoms with van der Waals surface area (Å²) >= 11 is 0. The van der Waals surface area contributed by atoms with Crippen LogP contribution in [0, 0.1) is 6.92 Å². The Morgan fingerprint density at radius 2 is 2.00 bits per heavy atom. The smallest absolute Gasteiger partial charge is 0.157 e. The van der Waals surface area contributed by atoms with Gasteiger partial charge in [0.15, 0.2) is 5.65 Å². The first-order chi connectivity index (χ1) is 10.2. The highest BCUT2D eigenvalue weighted by Gasteiger charge is 2.09. The SMILES string of the molecule is Cc1cc(N(C)Cc2cccc(CN)c2)n2ncnc2c1. The molecule has 5 nitrogen and oxygen atoms in total. The summed E-state index contributed by atoms with van der Waals surface area (Å²) in [5.74, 6) is 1.03. The highest BCUT2D eigenvalue weighted by atomic mass is 15.4. The molecule has 2 aromatic heterocycles. The van der Waals surface area contributed by atoms with Crippen LogP contribution in [0.3, 0.4) is 0 Å². The zero-order valence-electron chi connectivity index (χ0n) is 12.3. The lowest BCUT2D eigenvalue weighted by Gasteiger charge is -2.20. The molecule has 0 aliphatic rings. The monoisotopic (exact) mass is 281 g/mol. The summed E-state index contributed by atoms with van der Waals surface area (Å²) in [5, 5.41) is 4.30. The maximum Gasteiger partial charge on any atom is 0.157 e. The third-order valence-electron chi connectivity index (χ3n) is 3.54. The summed E-state index contributed by atoms with van der Waals surface area (Å²) < 4.78 is 1.86. The Morgan fingerprint density at radius 1 is 1.19 bits per heavy atom. The van der Waals surface area contributed by atoms with E-state index in [1.165, 1.54) is 11.1 Å². The van der Waals surface area contributed by atoms with E-state index in [2.05, 4.69) is 47.2 Å². The number of fused-ring (bicyclic) bond motifs is 1. The van der Waals surface area contributed by atoms with E-state index in [-0.39, 0.29) is 0 Å². The number of hydrogen-bond donors (Lipinski definition) is 1. The zero-order valence-corrected chi connectivity index (χ0v) is 12.3. The molecule has 3 aromatic rings. The van der Waals surface area contributed by atoms with Gasteiger partial charge in [0.25, 0.3) is 0 Å². The predicted molar refractivity (Wildman–Crippen MR) is 84.2 cm³/mol. The number of aromatic nitrogens is 3. The standard InChI is InChI=1S/C16H19N5/c1-12-6-15-18-11-19-21(15)16(7-12)20(2)10-14-5-3-4-13(8-14)9-17/h3-8,11H,9-10,17H2,1-2H3. The number of rotatable bonds is 4. The fourth-order valence-electron chi connectivity index (χ4n) is 2.52. The van der Waals surface area contributed by atoms with Gasteiger partial charge in [-0.05, 0) is 35.7 Å². The minimum atomic E-state index is 0.565. The second kappa shape index (κ2) is 5.54. The number of pyridine rings is 1. The maximum atomic E-state index is 5.71. The predicted octanol–water partition coefficient (Wildman–Crippen LogP) is 2.13. The van der Waals surface area contributed by atoms with Crippen LogP contribution < -0.4 is 10.6 Å². The van der Waals surface area contributed by atoms with Gasteiger partial charge in [0.1, 0.15) is 12.1 Å². The fraction of sp³-hybridized carbons (Fsp3) is 0.250. The van der Waals surface area contributed by atoms with Crippen LogP contribution in [0.4, 0.5) is 5.82 Å². The Balaban J connectivity index is 1.93. The Bertz CT molecular complexity index is 762. The molecule has 1 aromatic carbocycles. The van der Waals surface area contributed by atoms with Gasteiger partial charge in [-0.25, -0.2) is 4.98 Å². The molecule has 2 heterocycles. The summed E-state index contributed by atoms with van der Waals surface area (Å²) in [6, 6.07) is 12.5. The Hall–Kier alpha value is -2.40. The summed E-state index contributed by atoms with van der Waals surface area (Å²) in [6.45, 7) is 3.43. The van der Waals surface area contributed by atoms with Gasteiger partial charge in [0.05, 0.1) is 0 Å². The minimum Gasteiger partial charge on any atom is -0.355 e. The quantitative estimate of drug-likeness (QED) is 0.796. The van der Waals surface area contributed by atoms with Crippen molar-refractivity contribution in [2.75, 3.05) is 11.9 Å². The van der Waals surface area contributed by atoms with Crippen LogP contribution in [0.2, 0.25) is 0 Å².